The lowest BCUT2D eigenvalue weighted by Gasteiger charge is -2.00. The predicted octanol–water partition coefficient (Wildman–Crippen LogP) is 2.17. The van der Waals surface area contributed by atoms with Crippen molar-refractivity contribution in [2.24, 2.45) is 5.73 Å². The molecular weight excluding hydrogens is 196 g/mol. The van der Waals surface area contributed by atoms with Crippen molar-refractivity contribution < 1.29 is 0 Å². The van der Waals surface area contributed by atoms with Crippen LogP contribution in [0.4, 0.5) is 0 Å². The summed E-state index contributed by atoms with van der Waals surface area (Å²) < 4.78 is 2.22. The van der Waals surface area contributed by atoms with E-state index in [2.05, 4.69) is 40.9 Å². The molecular formula is C14H16N2. The summed E-state index contributed by atoms with van der Waals surface area (Å²) in [6, 6.07) is 8.40. The molecule has 0 spiro atoms. The molecule has 2 nitrogen and oxygen atoms in total. The number of fused-ring (bicyclic) bond motifs is 1. The Morgan fingerprint density at radius 2 is 2.12 bits per heavy atom. The second kappa shape index (κ2) is 4.87. The molecule has 16 heavy (non-hydrogen) atoms. The molecule has 0 unspecified atom stereocenters. The zero-order valence-electron chi connectivity index (χ0n) is 9.32. The number of nitrogens with two attached hydrogens (primary N) is 1. The fourth-order valence-electron chi connectivity index (χ4n) is 2.05. The Balaban J connectivity index is 2.45. The van der Waals surface area contributed by atoms with Crippen LogP contribution in [0.25, 0.3) is 10.9 Å². The van der Waals surface area contributed by atoms with Crippen LogP contribution in [-0.4, -0.2) is 11.1 Å². The Bertz CT molecular complexity index is 517. The van der Waals surface area contributed by atoms with Gasteiger partial charge in [0, 0.05) is 30.1 Å². The van der Waals surface area contributed by atoms with Crippen LogP contribution in [0.3, 0.4) is 0 Å². The van der Waals surface area contributed by atoms with Gasteiger partial charge in [-0.25, -0.2) is 0 Å². The van der Waals surface area contributed by atoms with Gasteiger partial charge in [0.1, 0.15) is 0 Å². The third kappa shape index (κ3) is 1.95. The van der Waals surface area contributed by atoms with Crippen molar-refractivity contribution in [3.05, 3.63) is 36.0 Å². The number of hydrogen-bond donors (Lipinski definition) is 1. The molecule has 2 aromatic rings. The van der Waals surface area contributed by atoms with Gasteiger partial charge in [-0.3, -0.25) is 0 Å². The van der Waals surface area contributed by atoms with E-state index in [1.54, 1.807) is 0 Å². The Labute approximate surface area is 96.1 Å². The van der Waals surface area contributed by atoms with Crippen molar-refractivity contribution in [1.82, 2.24) is 4.57 Å². The Morgan fingerprint density at radius 3 is 2.88 bits per heavy atom. The van der Waals surface area contributed by atoms with Crippen LogP contribution in [0.2, 0.25) is 0 Å². The molecule has 0 atom stereocenters. The number of para-hydroxylation sites is 1. The van der Waals surface area contributed by atoms with E-state index in [0.29, 0.717) is 6.54 Å². The zero-order valence-corrected chi connectivity index (χ0v) is 9.32. The van der Waals surface area contributed by atoms with Crippen molar-refractivity contribution in [2.45, 2.75) is 19.4 Å². The lowest BCUT2D eigenvalue weighted by Crippen LogP contribution is -2.02. The van der Waals surface area contributed by atoms with Gasteiger partial charge in [0.05, 0.1) is 0 Å². The molecule has 1 heterocycles. The number of hydrogen-bond acceptors (Lipinski definition) is 1. The number of benzene rings is 1. The summed E-state index contributed by atoms with van der Waals surface area (Å²) in [5.41, 5.74) is 8.19. The standard InChI is InChI=1S/C14H16N2/c1-2-3-10-16-11-12(8-9-15)13-6-4-5-7-14(13)16/h1,4-7,11H,3,8-10,15H2. The van der Waals surface area contributed by atoms with E-state index < -0.39 is 0 Å². The molecule has 0 fully saturated rings. The van der Waals surface area contributed by atoms with E-state index >= 15 is 0 Å². The van der Waals surface area contributed by atoms with Gasteiger partial charge in [-0.05, 0) is 24.6 Å². The fraction of sp³-hybridized carbons (Fsp3) is 0.286. The van der Waals surface area contributed by atoms with E-state index in [9.17, 15) is 0 Å². The molecule has 2 heteroatoms. The average molecular weight is 212 g/mol. The summed E-state index contributed by atoms with van der Waals surface area (Å²) in [4.78, 5) is 0. The van der Waals surface area contributed by atoms with Gasteiger partial charge in [0.2, 0.25) is 0 Å². The average Bonchev–Trinajstić information content (AvgIpc) is 2.66. The molecule has 0 saturated carbocycles. The lowest BCUT2D eigenvalue weighted by molar-refractivity contribution is 0.744. The van der Waals surface area contributed by atoms with E-state index in [4.69, 9.17) is 12.2 Å². The van der Waals surface area contributed by atoms with Gasteiger partial charge in [0.25, 0.3) is 0 Å². The maximum atomic E-state index is 5.62. The van der Waals surface area contributed by atoms with Crippen LogP contribution in [-0.2, 0) is 13.0 Å². The first kappa shape index (κ1) is 10.8. The third-order valence-electron chi connectivity index (χ3n) is 2.78. The Hall–Kier alpha value is -1.72. The Morgan fingerprint density at radius 1 is 1.31 bits per heavy atom. The zero-order chi connectivity index (χ0) is 11.4. The normalized spacial score (nSPS) is 10.5. The highest BCUT2D eigenvalue weighted by Gasteiger charge is 2.06. The maximum absolute atomic E-state index is 5.62. The molecule has 82 valence electrons. The first-order valence-corrected chi connectivity index (χ1v) is 5.57. The highest BCUT2D eigenvalue weighted by Crippen LogP contribution is 2.21. The summed E-state index contributed by atoms with van der Waals surface area (Å²) in [6.45, 7) is 1.56. The number of aromatic nitrogens is 1. The quantitative estimate of drug-likeness (QED) is 0.774. The minimum atomic E-state index is 0.684. The van der Waals surface area contributed by atoms with Crippen molar-refractivity contribution >= 4 is 10.9 Å². The second-order valence-electron chi connectivity index (χ2n) is 3.86. The van der Waals surface area contributed by atoms with Crippen LogP contribution in [0.1, 0.15) is 12.0 Å². The highest BCUT2D eigenvalue weighted by atomic mass is 15.0. The number of terminal acetylenes is 1. The summed E-state index contributed by atoms with van der Waals surface area (Å²) in [5, 5.41) is 1.30. The third-order valence-corrected chi connectivity index (χ3v) is 2.78. The summed E-state index contributed by atoms with van der Waals surface area (Å²) in [6.07, 6.45) is 9.16. The molecule has 0 bridgehead atoms. The van der Waals surface area contributed by atoms with Gasteiger partial charge >= 0.3 is 0 Å². The molecule has 1 aromatic carbocycles. The van der Waals surface area contributed by atoms with Crippen LogP contribution in [0.5, 0.6) is 0 Å². The van der Waals surface area contributed by atoms with E-state index in [-0.39, 0.29) is 0 Å². The van der Waals surface area contributed by atoms with Gasteiger partial charge < -0.3 is 10.3 Å². The van der Waals surface area contributed by atoms with E-state index in [1.165, 1.54) is 16.5 Å². The van der Waals surface area contributed by atoms with Crippen molar-refractivity contribution in [1.29, 1.82) is 0 Å². The van der Waals surface area contributed by atoms with Crippen molar-refractivity contribution in [3.63, 3.8) is 0 Å². The molecule has 0 radical (unpaired) electrons. The minimum absolute atomic E-state index is 0.684. The smallest absolute Gasteiger partial charge is 0.0483 e. The highest BCUT2D eigenvalue weighted by molar-refractivity contribution is 5.84. The maximum Gasteiger partial charge on any atom is 0.0483 e. The summed E-state index contributed by atoms with van der Waals surface area (Å²) in [5.74, 6) is 2.68. The van der Waals surface area contributed by atoms with Gasteiger partial charge in [0.15, 0.2) is 0 Å². The Kier molecular flexibility index (Phi) is 3.28. The monoisotopic (exact) mass is 212 g/mol. The molecule has 0 amide bonds. The number of nitrogens with zero attached hydrogens (tertiary/aromatic N) is 1. The summed E-state index contributed by atoms with van der Waals surface area (Å²) in [7, 11) is 0. The SMILES string of the molecule is C#CCCn1cc(CCN)c2ccccc21. The second-order valence-corrected chi connectivity index (χ2v) is 3.86. The predicted molar refractivity (Wildman–Crippen MR) is 68.1 cm³/mol. The van der Waals surface area contributed by atoms with E-state index in [0.717, 1.165) is 19.4 Å². The number of aryl methyl sites for hydroxylation is 1. The fourth-order valence-corrected chi connectivity index (χ4v) is 2.05. The van der Waals surface area contributed by atoms with Crippen molar-refractivity contribution in [2.75, 3.05) is 6.54 Å². The van der Waals surface area contributed by atoms with E-state index in [1.807, 2.05) is 0 Å². The lowest BCUT2D eigenvalue weighted by atomic mass is 10.1. The van der Waals surface area contributed by atoms with Crippen molar-refractivity contribution in [3.8, 4) is 12.3 Å². The van der Waals surface area contributed by atoms with Crippen LogP contribution in [0.15, 0.2) is 30.5 Å². The molecule has 0 saturated heterocycles. The summed E-state index contributed by atoms with van der Waals surface area (Å²) >= 11 is 0. The molecule has 2 N–H and O–H groups in total. The van der Waals surface area contributed by atoms with Gasteiger partial charge in [-0.2, -0.15) is 0 Å². The molecule has 2 rings (SSSR count). The van der Waals surface area contributed by atoms with Gasteiger partial charge in [-0.15, -0.1) is 12.3 Å². The topological polar surface area (TPSA) is 30.9 Å². The first-order chi connectivity index (χ1) is 7.86. The molecule has 0 aliphatic heterocycles. The number of rotatable bonds is 4. The largest absolute Gasteiger partial charge is 0.346 e. The molecule has 0 aliphatic carbocycles. The van der Waals surface area contributed by atoms with Crippen LogP contribution in [0, 0.1) is 12.3 Å². The van der Waals surface area contributed by atoms with Crippen LogP contribution >= 0.6 is 0 Å². The minimum Gasteiger partial charge on any atom is -0.346 e. The molecule has 0 aliphatic rings. The molecule has 1 aromatic heterocycles. The first-order valence-electron chi connectivity index (χ1n) is 5.57. The van der Waals surface area contributed by atoms with Gasteiger partial charge in [-0.1, -0.05) is 18.2 Å². The van der Waals surface area contributed by atoms with Crippen LogP contribution < -0.4 is 5.73 Å².